The van der Waals surface area contributed by atoms with Crippen molar-refractivity contribution < 1.29 is 9.59 Å². The van der Waals surface area contributed by atoms with Crippen LogP contribution in [0.2, 0.25) is 0 Å². The molecule has 0 aromatic heterocycles. The Morgan fingerprint density at radius 3 is 2.57 bits per heavy atom. The molecule has 1 atom stereocenters. The highest BCUT2D eigenvalue weighted by molar-refractivity contribution is 5.87. The van der Waals surface area contributed by atoms with Gasteiger partial charge >= 0.3 is 0 Å². The first-order valence-electron chi connectivity index (χ1n) is 7.62. The summed E-state index contributed by atoms with van der Waals surface area (Å²) in [6.45, 7) is 8.70. The molecule has 1 aromatic carbocycles. The van der Waals surface area contributed by atoms with E-state index in [4.69, 9.17) is 0 Å². The molecule has 0 aliphatic carbocycles. The highest BCUT2D eigenvalue weighted by atomic mass is 16.2. The topological polar surface area (TPSA) is 49.4 Å². The monoisotopic (exact) mass is 290 g/mol. The summed E-state index contributed by atoms with van der Waals surface area (Å²) in [7, 11) is 0. The van der Waals surface area contributed by atoms with Crippen molar-refractivity contribution in [3.05, 3.63) is 35.4 Å². The SMILES string of the molecule is CCCC(=O)N(Cc1cccc(C)c1)C(C)C(=O)NCC. The van der Waals surface area contributed by atoms with Crippen LogP contribution in [0.15, 0.2) is 24.3 Å². The lowest BCUT2D eigenvalue weighted by atomic mass is 10.1. The maximum Gasteiger partial charge on any atom is 0.242 e. The second kappa shape index (κ2) is 8.45. The summed E-state index contributed by atoms with van der Waals surface area (Å²) in [5.74, 6) is -0.0765. The van der Waals surface area contributed by atoms with E-state index in [-0.39, 0.29) is 11.8 Å². The Morgan fingerprint density at radius 2 is 2.00 bits per heavy atom. The van der Waals surface area contributed by atoms with Crippen molar-refractivity contribution in [3.63, 3.8) is 0 Å². The average molecular weight is 290 g/mol. The van der Waals surface area contributed by atoms with E-state index in [9.17, 15) is 9.59 Å². The number of nitrogens with one attached hydrogen (secondary N) is 1. The molecule has 21 heavy (non-hydrogen) atoms. The first kappa shape index (κ1) is 17.2. The Kier molecular flexibility index (Phi) is 6.92. The number of benzene rings is 1. The van der Waals surface area contributed by atoms with Crippen LogP contribution in [0.3, 0.4) is 0 Å². The van der Waals surface area contributed by atoms with Gasteiger partial charge in [0.05, 0.1) is 0 Å². The van der Waals surface area contributed by atoms with Crippen molar-refractivity contribution in [2.75, 3.05) is 6.54 Å². The van der Waals surface area contributed by atoms with Crippen LogP contribution < -0.4 is 5.32 Å². The summed E-state index contributed by atoms with van der Waals surface area (Å²) in [6, 6.07) is 7.59. The van der Waals surface area contributed by atoms with E-state index in [2.05, 4.69) is 11.4 Å². The number of likely N-dealkylation sites (N-methyl/N-ethyl adjacent to an activating group) is 1. The van der Waals surface area contributed by atoms with Crippen LogP contribution in [0.25, 0.3) is 0 Å². The minimum atomic E-state index is -0.454. The molecular weight excluding hydrogens is 264 g/mol. The Balaban J connectivity index is 2.91. The van der Waals surface area contributed by atoms with Crippen molar-refractivity contribution in [1.82, 2.24) is 10.2 Å². The molecule has 0 fully saturated rings. The van der Waals surface area contributed by atoms with E-state index in [1.807, 2.05) is 39.0 Å². The standard InChI is InChI=1S/C17H26N2O2/c1-5-8-16(20)19(14(4)17(21)18-6-2)12-15-10-7-9-13(3)11-15/h7,9-11,14H,5-6,8,12H2,1-4H3,(H,18,21). The maximum absolute atomic E-state index is 12.3. The fourth-order valence-electron chi connectivity index (χ4n) is 2.27. The van der Waals surface area contributed by atoms with Gasteiger partial charge in [0.2, 0.25) is 11.8 Å². The van der Waals surface area contributed by atoms with Crippen molar-refractivity contribution in [1.29, 1.82) is 0 Å². The predicted molar refractivity (Wildman–Crippen MR) is 84.8 cm³/mol. The summed E-state index contributed by atoms with van der Waals surface area (Å²) in [4.78, 5) is 26.0. The second-order valence-corrected chi connectivity index (χ2v) is 5.33. The van der Waals surface area contributed by atoms with Crippen LogP contribution in [0.4, 0.5) is 0 Å². The number of aryl methyl sites for hydroxylation is 1. The van der Waals surface area contributed by atoms with Crippen LogP contribution in [-0.2, 0) is 16.1 Å². The third-order valence-corrected chi connectivity index (χ3v) is 3.42. The summed E-state index contributed by atoms with van der Waals surface area (Å²) in [5, 5.41) is 2.79. The molecule has 2 amide bonds. The van der Waals surface area contributed by atoms with Gasteiger partial charge in [-0.05, 0) is 32.8 Å². The third-order valence-electron chi connectivity index (χ3n) is 3.42. The fourth-order valence-corrected chi connectivity index (χ4v) is 2.27. The van der Waals surface area contributed by atoms with Crippen molar-refractivity contribution >= 4 is 11.8 Å². The van der Waals surface area contributed by atoms with Gasteiger partial charge < -0.3 is 10.2 Å². The molecule has 4 heteroatoms. The number of hydrogen-bond acceptors (Lipinski definition) is 2. The number of rotatable bonds is 7. The zero-order valence-electron chi connectivity index (χ0n) is 13.5. The smallest absolute Gasteiger partial charge is 0.242 e. The minimum Gasteiger partial charge on any atom is -0.355 e. The van der Waals surface area contributed by atoms with E-state index in [1.165, 1.54) is 0 Å². The van der Waals surface area contributed by atoms with Gasteiger partial charge in [0.1, 0.15) is 6.04 Å². The Bertz CT molecular complexity index is 485. The van der Waals surface area contributed by atoms with E-state index in [1.54, 1.807) is 11.8 Å². The molecule has 0 saturated carbocycles. The van der Waals surface area contributed by atoms with Gasteiger partial charge in [-0.2, -0.15) is 0 Å². The van der Waals surface area contributed by atoms with E-state index in [0.717, 1.165) is 17.5 Å². The van der Waals surface area contributed by atoms with Crippen molar-refractivity contribution in [2.45, 2.75) is 53.1 Å². The first-order chi connectivity index (χ1) is 9.99. The molecule has 4 nitrogen and oxygen atoms in total. The molecule has 0 heterocycles. The van der Waals surface area contributed by atoms with Gasteiger partial charge in [-0.1, -0.05) is 36.8 Å². The highest BCUT2D eigenvalue weighted by Gasteiger charge is 2.25. The van der Waals surface area contributed by atoms with Crippen LogP contribution >= 0.6 is 0 Å². The molecular formula is C17H26N2O2. The molecule has 1 rings (SSSR count). The third kappa shape index (κ3) is 5.21. The van der Waals surface area contributed by atoms with Crippen molar-refractivity contribution in [2.24, 2.45) is 0 Å². The second-order valence-electron chi connectivity index (χ2n) is 5.33. The lowest BCUT2D eigenvalue weighted by molar-refractivity contribution is -0.140. The van der Waals surface area contributed by atoms with Crippen LogP contribution in [0.5, 0.6) is 0 Å². The van der Waals surface area contributed by atoms with Gasteiger partial charge in [-0.15, -0.1) is 0 Å². The molecule has 0 bridgehead atoms. The van der Waals surface area contributed by atoms with E-state index < -0.39 is 6.04 Å². The zero-order valence-corrected chi connectivity index (χ0v) is 13.5. The normalized spacial score (nSPS) is 11.8. The Hall–Kier alpha value is -1.84. The summed E-state index contributed by atoms with van der Waals surface area (Å²) in [6.07, 6.45) is 1.25. The summed E-state index contributed by atoms with van der Waals surface area (Å²) in [5.41, 5.74) is 2.21. The van der Waals surface area contributed by atoms with Crippen LogP contribution in [0.1, 0.15) is 44.7 Å². The number of carbonyl (C=O) groups excluding carboxylic acids is 2. The highest BCUT2D eigenvalue weighted by Crippen LogP contribution is 2.13. The average Bonchev–Trinajstić information content (AvgIpc) is 2.44. The van der Waals surface area contributed by atoms with Crippen molar-refractivity contribution in [3.8, 4) is 0 Å². The van der Waals surface area contributed by atoms with Crippen LogP contribution in [-0.4, -0.2) is 29.3 Å². The maximum atomic E-state index is 12.3. The quantitative estimate of drug-likeness (QED) is 0.839. The first-order valence-corrected chi connectivity index (χ1v) is 7.62. The molecule has 1 aromatic rings. The Labute approximate surface area is 127 Å². The minimum absolute atomic E-state index is 0.0257. The molecule has 0 aliphatic heterocycles. The van der Waals surface area contributed by atoms with Gasteiger partial charge in [0.15, 0.2) is 0 Å². The van der Waals surface area contributed by atoms with Crippen LogP contribution in [0, 0.1) is 6.92 Å². The molecule has 0 spiro atoms. The number of nitrogens with zero attached hydrogens (tertiary/aromatic N) is 1. The summed E-state index contributed by atoms with van der Waals surface area (Å²) < 4.78 is 0. The van der Waals surface area contributed by atoms with E-state index >= 15 is 0 Å². The fraction of sp³-hybridized carbons (Fsp3) is 0.529. The van der Waals surface area contributed by atoms with E-state index in [0.29, 0.717) is 19.5 Å². The summed E-state index contributed by atoms with van der Waals surface area (Å²) >= 11 is 0. The molecule has 0 aliphatic rings. The van der Waals surface area contributed by atoms with Gasteiger partial charge in [0.25, 0.3) is 0 Å². The van der Waals surface area contributed by atoms with Gasteiger partial charge in [-0.25, -0.2) is 0 Å². The number of carbonyl (C=O) groups is 2. The molecule has 1 unspecified atom stereocenters. The molecule has 0 saturated heterocycles. The molecule has 0 radical (unpaired) electrons. The van der Waals surface area contributed by atoms with Gasteiger partial charge in [0, 0.05) is 19.5 Å². The number of amides is 2. The van der Waals surface area contributed by atoms with Gasteiger partial charge in [-0.3, -0.25) is 9.59 Å². The molecule has 1 N–H and O–H groups in total. The number of hydrogen-bond donors (Lipinski definition) is 1. The Morgan fingerprint density at radius 1 is 1.29 bits per heavy atom. The molecule has 116 valence electrons. The lowest BCUT2D eigenvalue weighted by Gasteiger charge is -2.28. The zero-order chi connectivity index (χ0) is 15.8. The predicted octanol–water partition coefficient (Wildman–Crippen LogP) is 2.65. The largest absolute Gasteiger partial charge is 0.355 e. The lowest BCUT2D eigenvalue weighted by Crippen LogP contribution is -2.47.